The van der Waals surface area contributed by atoms with Crippen molar-refractivity contribution in [1.82, 2.24) is 0 Å². The van der Waals surface area contributed by atoms with E-state index >= 15 is 0 Å². The van der Waals surface area contributed by atoms with Gasteiger partial charge in [-0.3, -0.25) is 0 Å². The molecule has 61 heavy (non-hydrogen) atoms. The summed E-state index contributed by atoms with van der Waals surface area (Å²) in [6.07, 6.45) is 0. The molecule has 1 aliphatic carbocycles. The molecule has 10 aromatic carbocycles. The van der Waals surface area contributed by atoms with Crippen molar-refractivity contribution in [2.24, 2.45) is 0 Å². The number of anilines is 3. The van der Waals surface area contributed by atoms with Gasteiger partial charge in [-0.1, -0.05) is 200 Å². The highest BCUT2D eigenvalue weighted by molar-refractivity contribution is 7.24. The summed E-state index contributed by atoms with van der Waals surface area (Å²) in [5.74, 6) is 0. The quantitative estimate of drug-likeness (QED) is 0.158. The lowest BCUT2D eigenvalue weighted by Crippen LogP contribution is -2.70. The van der Waals surface area contributed by atoms with Crippen LogP contribution in [0, 0.1) is 0 Å². The Morgan fingerprint density at radius 1 is 0.328 bits per heavy atom. The minimum absolute atomic E-state index is 0.486. The van der Waals surface area contributed by atoms with Gasteiger partial charge in [-0.25, -0.2) is 0 Å². The Labute approximate surface area is 356 Å². The molecule has 282 valence electrons. The molecule has 0 aromatic heterocycles. The number of nitrogens with zero attached hydrogens (tertiary/aromatic N) is 1. The van der Waals surface area contributed by atoms with E-state index in [0.29, 0.717) is 0 Å². The predicted octanol–water partition coefficient (Wildman–Crippen LogP) is 12.0. The second kappa shape index (κ2) is 12.0. The Kier molecular flexibility index (Phi) is 6.58. The first kappa shape index (κ1) is 33.3. The molecule has 2 spiro atoms. The molecule has 14 rings (SSSR count). The molecule has 0 saturated heterocycles. The summed E-state index contributed by atoms with van der Waals surface area (Å²) in [5.41, 5.74) is 19.2. The van der Waals surface area contributed by atoms with Gasteiger partial charge in [-0.2, -0.15) is 0 Å². The minimum atomic E-state index is -2.77. The van der Waals surface area contributed by atoms with Crippen molar-refractivity contribution < 1.29 is 0 Å². The van der Waals surface area contributed by atoms with Crippen LogP contribution in [-0.4, -0.2) is 8.07 Å². The molecule has 0 radical (unpaired) electrons. The zero-order valence-electron chi connectivity index (χ0n) is 33.3. The maximum atomic E-state index is 2.60. The highest BCUT2D eigenvalue weighted by Gasteiger charge is 2.55. The van der Waals surface area contributed by atoms with Crippen LogP contribution in [0.15, 0.2) is 224 Å². The zero-order valence-corrected chi connectivity index (χ0v) is 34.3. The number of hydrogen-bond donors (Lipinski definition) is 0. The summed E-state index contributed by atoms with van der Waals surface area (Å²) in [7, 11) is -2.77. The van der Waals surface area contributed by atoms with Gasteiger partial charge in [0.2, 0.25) is 0 Å². The molecule has 3 heterocycles. The molecule has 2 heteroatoms. The number of benzene rings is 10. The third kappa shape index (κ3) is 4.06. The number of rotatable bonds is 2. The van der Waals surface area contributed by atoms with Crippen LogP contribution < -0.4 is 25.6 Å². The minimum Gasteiger partial charge on any atom is -0.310 e. The monoisotopic (exact) mass is 787 g/mol. The van der Waals surface area contributed by atoms with E-state index in [2.05, 4.69) is 229 Å². The number of hydrogen-bond acceptors (Lipinski definition) is 1. The average Bonchev–Trinajstić information content (AvgIpc) is 3.92. The van der Waals surface area contributed by atoms with E-state index in [1.165, 1.54) is 115 Å². The van der Waals surface area contributed by atoms with Crippen molar-refractivity contribution in [3.63, 3.8) is 0 Å². The van der Waals surface area contributed by atoms with E-state index in [1.807, 2.05) is 0 Å². The molecule has 1 nitrogen and oxygen atoms in total. The van der Waals surface area contributed by atoms with Gasteiger partial charge in [-0.05, 0) is 123 Å². The highest BCUT2D eigenvalue weighted by Crippen LogP contribution is 2.64. The Morgan fingerprint density at radius 3 is 1.59 bits per heavy atom. The lowest BCUT2D eigenvalue weighted by molar-refractivity contribution is 0.753. The van der Waals surface area contributed by atoms with Crippen LogP contribution in [0.2, 0.25) is 0 Å². The standard InChI is InChI=1S/C59H37NSi/c1-2-16-38(17-3-1)40-30-33-45-43-20-7-14-28-54(43)61(56(45)36-40)55-29-15-8-21-44(55)46-34-32-41(37-57(46)61)60-52-26-12-10-24-49(52)59(50-25-11-13-27-53(50)60)48-23-9-6-22-47(48)58-42-19-5-4-18-39(42)31-35-51(58)59/h1-37H. The van der Waals surface area contributed by atoms with Gasteiger partial charge in [0.15, 0.2) is 8.07 Å². The summed E-state index contributed by atoms with van der Waals surface area (Å²) in [6.45, 7) is 0. The SMILES string of the molecule is c1ccc(-c2ccc3c(c2)[Si]2(c4ccccc4-3)c3ccccc3-c3ccc(N4c5ccccc5C5(c6ccccc6-c6c5ccc5ccccc65)c5ccccc54)cc32)cc1. The first-order chi connectivity index (χ1) is 30.3. The van der Waals surface area contributed by atoms with E-state index < -0.39 is 13.5 Å². The van der Waals surface area contributed by atoms with Crippen molar-refractivity contribution in [1.29, 1.82) is 0 Å². The van der Waals surface area contributed by atoms with Crippen molar-refractivity contribution in [3.05, 3.63) is 247 Å². The molecule has 1 atom stereocenters. The molecule has 3 aliphatic heterocycles. The van der Waals surface area contributed by atoms with E-state index in [1.54, 1.807) is 0 Å². The molecule has 0 N–H and O–H groups in total. The van der Waals surface area contributed by atoms with Gasteiger partial charge >= 0.3 is 0 Å². The van der Waals surface area contributed by atoms with Crippen molar-refractivity contribution in [2.75, 3.05) is 4.90 Å². The summed E-state index contributed by atoms with van der Waals surface area (Å²) in [4.78, 5) is 2.57. The Hall–Kier alpha value is -7.52. The Balaban J connectivity index is 1.05. The maximum Gasteiger partial charge on any atom is 0.182 e. The summed E-state index contributed by atoms with van der Waals surface area (Å²) < 4.78 is 0. The summed E-state index contributed by atoms with van der Waals surface area (Å²) in [5, 5.41) is 8.52. The maximum absolute atomic E-state index is 2.77. The van der Waals surface area contributed by atoms with Crippen LogP contribution in [0.3, 0.4) is 0 Å². The summed E-state index contributed by atoms with van der Waals surface area (Å²) >= 11 is 0. The fourth-order valence-corrected chi connectivity index (χ4v) is 17.9. The van der Waals surface area contributed by atoms with Crippen molar-refractivity contribution in [3.8, 4) is 44.5 Å². The Bertz CT molecular complexity index is 3450. The normalized spacial score (nSPS) is 16.4. The van der Waals surface area contributed by atoms with Gasteiger partial charge in [0.1, 0.15) is 0 Å². The van der Waals surface area contributed by atoms with Crippen LogP contribution in [-0.2, 0) is 5.41 Å². The lowest BCUT2D eigenvalue weighted by atomic mass is 9.64. The molecule has 0 fully saturated rings. The van der Waals surface area contributed by atoms with Gasteiger partial charge in [0.25, 0.3) is 0 Å². The van der Waals surface area contributed by atoms with Gasteiger partial charge < -0.3 is 4.90 Å². The predicted molar refractivity (Wildman–Crippen MR) is 257 cm³/mol. The van der Waals surface area contributed by atoms with Gasteiger partial charge in [0, 0.05) is 5.69 Å². The number of fused-ring (bicyclic) bond motifs is 21. The zero-order chi connectivity index (χ0) is 39.9. The van der Waals surface area contributed by atoms with Crippen LogP contribution in [0.5, 0.6) is 0 Å². The third-order valence-corrected chi connectivity index (χ3v) is 19.4. The van der Waals surface area contributed by atoms with Crippen LogP contribution in [0.1, 0.15) is 22.3 Å². The highest BCUT2D eigenvalue weighted by atomic mass is 28.3. The summed E-state index contributed by atoms with van der Waals surface area (Å²) in [6, 6.07) is 85.4. The van der Waals surface area contributed by atoms with E-state index in [-0.39, 0.29) is 0 Å². The van der Waals surface area contributed by atoms with Gasteiger partial charge in [0.05, 0.1) is 16.8 Å². The Morgan fingerprint density at radius 2 is 0.869 bits per heavy atom. The third-order valence-electron chi connectivity index (χ3n) is 14.5. The smallest absolute Gasteiger partial charge is 0.182 e. The second-order valence-electron chi connectivity index (χ2n) is 17.1. The first-order valence-corrected chi connectivity index (χ1v) is 23.4. The first-order valence-electron chi connectivity index (χ1n) is 21.4. The topological polar surface area (TPSA) is 3.24 Å². The number of para-hydroxylation sites is 2. The van der Waals surface area contributed by atoms with Crippen LogP contribution >= 0.6 is 0 Å². The largest absolute Gasteiger partial charge is 0.310 e. The molecule has 10 aromatic rings. The average molecular weight is 788 g/mol. The van der Waals surface area contributed by atoms with Crippen LogP contribution in [0.25, 0.3) is 55.3 Å². The molecular weight excluding hydrogens is 751 g/mol. The van der Waals surface area contributed by atoms with E-state index in [9.17, 15) is 0 Å². The molecule has 0 saturated carbocycles. The van der Waals surface area contributed by atoms with Crippen molar-refractivity contribution >= 4 is 56.7 Å². The van der Waals surface area contributed by atoms with Gasteiger partial charge in [-0.15, -0.1) is 0 Å². The molecule has 4 aliphatic rings. The second-order valence-corrected chi connectivity index (χ2v) is 20.7. The van der Waals surface area contributed by atoms with E-state index in [0.717, 1.165) is 0 Å². The van der Waals surface area contributed by atoms with Crippen LogP contribution in [0.4, 0.5) is 17.1 Å². The molecule has 0 bridgehead atoms. The fourth-order valence-electron chi connectivity index (χ4n) is 12.2. The lowest BCUT2D eigenvalue weighted by Gasteiger charge is -2.45. The van der Waals surface area contributed by atoms with Crippen molar-refractivity contribution in [2.45, 2.75) is 5.41 Å². The van der Waals surface area contributed by atoms with E-state index in [4.69, 9.17) is 0 Å². The molecule has 1 unspecified atom stereocenters. The fraction of sp³-hybridized carbons (Fsp3) is 0.0169. The molecular formula is C59H37NSi. The molecule has 0 amide bonds.